The van der Waals surface area contributed by atoms with Crippen LogP contribution >= 0.6 is 24.8 Å². The molecule has 2 aliphatic rings. The fourth-order valence-corrected chi connectivity index (χ4v) is 3.32. The van der Waals surface area contributed by atoms with Crippen LogP contribution in [0.3, 0.4) is 0 Å². The van der Waals surface area contributed by atoms with E-state index in [1.807, 2.05) is 24.3 Å². The largest absolute Gasteiger partial charge is 0.488 e. The summed E-state index contributed by atoms with van der Waals surface area (Å²) in [5.41, 5.74) is 8.17. The molecule has 3 N–H and O–H groups in total. The Morgan fingerprint density at radius 3 is 2.39 bits per heavy atom. The predicted molar refractivity (Wildman–Crippen MR) is 118 cm³/mol. The van der Waals surface area contributed by atoms with Gasteiger partial charge in [-0.15, -0.1) is 24.8 Å². The van der Waals surface area contributed by atoms with Crippen LogP contribution in [0.1, 0.15) is 30.1 Å². The van der Waals surface area contributed by atoms with E-state index in [-0.39, 0.29) is 36.8 Å². The first-order valence-electron chi connectivity index (χ1n) is 9.16. The molecule has 0 radical (unpaired) electrons. The minimum absolute atomic E-state index is 0. The normalized spacial score (nSPS) is 17.5. The van der Waals surface area contributed by atoms with E-state index in [4.69, 9.17) is 10.5 Å². The molecule has 1 saturated heterocycles. The third-order valence-corrected chi connectivity index (χ3v) is 5.26. The Kier molecular flexibility index (Phi) is 7.21. The zero-order valence-electron chi connectivity index (χ0n) is 15.9. The topological polar surface area (TPSA) is 67.6 Å². The summed E-state index contributed by atoms with van der Waals surface area (Å²) in [6.45, 7) is 5.53. The van der Waals surface area contributed by atoms with Gasteiger partial charge in [-0.05, 0) is 54.7 Å². The minimum atomic E-state index is -0.179. The molecule has 1 heterocycles. The molecule has 28 heavy (non-hydrogen) atoms. The Balaban J connectivity index is 0.00000140. The van der Waals surface area contributed by atoms with Crippen LogP contribution in [0.4, 0.5) is 11.4 Å². The van der Waals surface area contributed by atoms with Crippen LogP contribution in [0, 0.1) is 5.41 Å². The Morgan fingerprint density at radius 2 is 1.79 bits per heavy atom. The van der Waals surface area contributed by atoms with Gasteiger partial charge in [-0.3, -0.25) is 9.69 Å². The summed E-state index contributed by atoms with van der Waals surface area (Å²) >= 11 is 0. The monoisotopic (exact) mass is 423 g/mol. The third kappa shape index (κ3) is 5.31. The molecule has 2 aromatic carbocycles. The van der Waals surface area contributed by atoms with Gasteiger partial charge in [0.2, 0.25) is 0 Å². The fourth-order valence-electron chi connectivity index (χ4n) is 3.32. The molecular formula is C21H27Cl2N3O2. The number of carbonyl (C=O) groups is 1. The van der Waals surface area contributed by atoms with Crippen molar-refractivity contribution >= 4 is 42.1 Å². The lowest BCUT2D eigenvalue weighted by Gasteiger charge is -2.40. The maximum atomic E-state index is 12.3. The highest BCUT2D eigenvalue weighted by Crippen LogP contribution is 2.46. The molecule has 0 unspecified atom stereocenters. The van der Waals surface area contributed by atoms with E-state index >= 15 is 0 Å². The lowest BCUT2D eigenvalue weighted by Crippen LogP contribution is -2.55. The van der Waals surface area contributed by atoms with E-state index < -0.39 is 0 Å². The van der Waals surface area contributed by atoms with Gasteiger partial charge < -0.3 is 15.8 Å². The molecule has 0 bridgehead atoms. The first-order chi connectivity index (χ1) is 12.5. The number of hydrogen-bond acceptors (Lipinski definition) is 4. The summed E-state index contributed by atoms with van der Waals surface area (Å²) in [5, 5.41) is 2.83. The van der Waals surface area contributed by atoms with Crippen molar-refractivity contribution in [3.63, 3.8) is 0 Å². The van der Waals surface area contributed by atoms with Crippen LogP contribution in [0.5, 0.6) is 5.75 Å². The molecule has 2 aromatic rings. The van der Waals surface area contributed by atoms with Crippen molar-refractivity contribution in [1.82, 2.24) is 4.90 Å². The molecule has 1 aliphatic carbocycles. The second kappa shape index (κ2) is 9.03. The van der Waals surface area contributed by atoms with Crippen molar-refractivity contribution in [3.8, 4) is 5.75 Å². The van der Waals surface area contributed by atoms with Crippen LogP contribution in [0.15, 0.2) is 48.5 Å². The van der Waals surface area contributed by atoms with Crippen molar-refractivity contribution < 1.29 is 9.53 Å². The summed E-state index contributed by atoms with van der Waals surface area (Å²) in [5.74, 6) is 0.630. The summed E-state index contributed by atoms with van der Waals surface area (Å²) in [6, 6.07) is 14.5. The maximum absolute atomic E-state index is 12.3. The third-order valence-electron chi connectivity index (χ3n) is 5.26. The SMILES string of the molecule is CC1(CN2CC(Oc3ccc(C(=O)Nc4ccccc4N)cc3)C2)CC1.Cl.Cl. The zero-order chi connectivity index (χ0) is 18.1. The van der Waals surface area contributed by atoms with Crippen LogP contribution in [0.25, 0.3) is 0 Å². The molecule has 0 aromatic heterocycles. The Hall–Kier alpha value is -1.95. The van der Waals surface area contributed by atoms with Gasteiger partial charge in [0.15, 0.2) is 0 Å². The standard InChI is InChI=1S/C21H25N3O2.2ClH/c1-21(10-11-21)14-24-12-17(13-24)26-16-8-6-15(7-9-16)20(25)23-19-5-3-2-4-18(19)22;;/h2-9,17H,10-14,22H2,1H3,(H,23,25);2*1H. The highest BCUT2D eigenvalue weighted by molar-refractivity contribution is 6.05. The average molecular weight is 424 g/mol. The highest BCUT2D eigenvalue weighted by Gasteiger charge is 2.42. The van der Waals surface area contributed by atoms with Crippen molar-refractivity contribution in [2.24, 2.45) is 5.41 Å². The second-order valence-corrected chi connectivity index (χ2v) is 7.81. The number of halogens is 2. The molecule has 2 fully saturated rings. The summed E-state index contributed by atoms with van der Waals surface area (Å²) in [7, 11) is 0. The van der Waals surface area contributed by atoms with E-state index in [1.54, 1.807) is 24.3 Å². The zero-order valence-corrected chi connectivity index (χ0v) is 17.5. The number of nitrogens with two attached hydrogens (primary N) is 1. The number of carbonyl (C=O) groups excluding carboxylic acids is 1. The van der Waals surface area contributed by atoms with Gasteiger partial charge in [-0.2, -0.15) is 0 Å². The number of nitrogen functional groups attached to an aromatic ring is 1. The molecule has 4 rings (SSSR count). The minimum Gasteiger partial charge on any atom is -0.488 e. The predicted octanol–water partition coefficient (Wildman–Crippen LogP) is 4.23. The van der Waals surface area contributed by atoms with Crippen LogP contribution in [0.2, 0.25) is 0 Å². The van der Waals surface area contributed by atoms with E-state index in [2.05, 4.69) is 17.1 Å². The number of para-hydroxylation sites is 2. The number of ether oxygens (including phenoxy) is 1. The number of nitrogens with one attached hydrogen (secondary N) is 1. The number of rotatable bonds is 6. The summed E-state index contributed by atoms with van der Waals surface area (Å²) in [4.78, 5) is 14.8. The van der Waals surface area contributed by atoms with Gasteiger partial charge >= 0.3 is 0 Å². The highest BCUT2D eigenvalue weighted by atomic mass is 35.5. The first-order valence-corrected chi connectivity index (χ1v) is 9.16. The Labute approximate surface area is 178 Å². The smallest absolute Gasteiger partial charge is 0.255 e. The summed E-state index contributed by atoms with van der Waals surface area (Å²) < 4.78 is 5.99. The molecule has 1 amide bonds. The lowest BCUT2D eigenvalue weighted by molar-refractivity contribution is 0.00898. The number of amides is 1. The van der Waals surface area contributed by atoms with E-state index in [0.29, 0.717) is 22.4 Å². The summed E-state index contributed by atoms with van der Waals surface area (Å²) in [6.07, 6.45) is 2.96. The van der Waals surface area contributed by atoms with Crippen molar-refractivity contribution in [1.29, 1.82) is 0 Å². The van der Waals surface area contributed by atoms with Gasteiger partial charge in [0.25, 0.3) is 5.91 Å². The van der Waals surface area contributed by atoms with Crippen LogP contribution in [-0.2, 0) is 0 Å². The van der Waals surface area contributed by atoms with Gasteiger partial charge in [-0.25, -0.2) is 0 Å². The molecule has 1 saturated carbocycles. The van der Waals surface area contributed by atoms with Crippen LogP contribution in [-0.4, -0.2) is 36.5 Å². The molecule has 7 heteroatoms. The molecule has 0 atom stereocenters. The fraction of sp³-hybridized carbons (Fsp3) is 0.381. The second-order valence-electron chi connectivity index (χ2n) is 7.81. The average Bonchev–Trinajstić information content (AvgIpc) is 3.33. The molecule has 1 aliphatic heterocycles. The quantitative estimate of drug-likeness (QED) is 0.682. The number of likely N-dealkylation sites (tertiary alicyclic amines) is 1. The molecule has 152 valence electrons. The van der Waals surface area contributed by atoms with E-state index in [0.717, 1.165) is 18.8 Å². The van der Waals surface area contributed by atoms with E-state index in [1.165, 1.54) is 19.4 Å². The Morgan fingerprint density at radius 1 is 1.14 bits per heavy atom. The number of anilines is 2. The van der Waals surface area contributed by atoms with E-state index in [9.17, 15) is 4.79 Å². The van der Waals surface area contributed by atoms with Gasteiger partial charge in [0, 0.05) is 25.2 Å². The molecule has 5 nitrogen and oxygen atoms in total. The van der Waals surface area contributed by atoms with Crippen LogP contribution < -0.4 is 15.8 Å². The van der Waals surface area contributed by atoms with Crippen molar-refractivity contribution in [2.45, 2.75) is 25.9 Å². The van der Waals surface area contributed by atoms with Gasteiger partial charge in [0.1, 0.15) is 11.9 Å². The number of benzene rings is 2. The van der Waals surface area contributed by atoms with Crippen molar-refractivity contribution in [3.05, 3.63) is 54.1 Å². The molecular weight excluding hydrogens is 397 g/mol. The lowest BCUT2D eigenvalue weighted by atomic mass is 10.1. The van der Waals surface area contributed by atoms with Gasteiger partial charge in [-0.1, -0.05) is 19.1 Å². The first kappa shape index (κ1) is 22.3. The Bertz CT molecular complexity index is 804. The number of hydrogen-bond donors (Lipinski definition) is 2. The molecule has 0 spiro atoms. The van der Waals surface area contributed by atoms with Crippen molar-refractivity contribution in [2.75, 3.05) is 30.7 Å². The van der Waals surface area contributed by atoms with Gasteiger partial charge in [0.05, 0.1) is 11.4 Å². The number of nitrogens with zero attached hydrogens (tertiary/aromatic N) is 1. The maximum Gasteiger partial charge on any atom is 0.255 e.